The van der Waals surface area contributed by atoms with Gasteiger partial charge in [-0.05, 0) is 44.4 Å². The van der Waals surface area contributed by atoms with Crippen LogP contribution in [0.2, 0.25) is 0 Å². The highest BCUT2D eigenvalue weighted by Gasteiger charge is 2.31. The lowest BCUT2D eigenvalue weighted by molar-refractivity contribution is 0.0954. The van der Waals surface area contributed by atoms with Gasteiger partial charge in [-0.1, -0.05) is 39.0 Å². The average molecular weight is 448 g/mol. The standard InChI is InChI=1S/C23H33N3O4S/c1-3-4-5-6-8-13-24-23(28)20-16-22(27)25-21-12-11-18(15-19(20)21)31(29,30)26-14-9-7-10-17(26)2/h11-12,15-17H,3-10,13-14H2,1-2H3,(H,24,28)(H,25,27)/t17-/m0/s1. The molecule has 0 spiro atoms. The van der Waals surface area contributed by atoms with E-state index in [9.17, 15) is 18.0 Å². The summed E-state index contributed by atoms with van der Waals surface area (Å²) < 4.78 is 28.0. The number of rotatable bonds is 9. The Balaban J connectivity index is 1.87. The second kappa shape index (κ2) is 10.4. The van der Waals surface area contributed by atoms with Crippen molar-refractivity contribution >= 4 is 26.8 Å². The van der Waals surface area contributed by atoms with Crippen LogP contribution in [0, 0.1) is 0 Å². The van der Waals surface area contributed by atoms with Crippen LogP contribution in [0.4, 0.5) is 0 Å². The molecule has 2 N–H and O–H groups in total. The molecule has 8 heteroatoms. The third-order valence-corrected chi connectivity index (χ3v) is 7.98. The van der Waals surface area contributed by atoms with Crippen molar-refractivity contribution in [3.8, 4) is 0 Å². The number of nitrogens with one attached hydrogen (secondary N) is 2. The number of fused-ring (bicyclic) bond motifs is 1. The van der Waals surface area contributed by atoms with E-state index in [0.717, 1.165) is 44.9 Å². The fraction of sp³-hybridized carbons (Fsp3) is 0.565. The summed E-state index contributed by atoms with van der Waals surface area (Å²) in [7, 11) is -3.68. The average Bonchev–Trinajstić information content (AvgIpc) is 2.75. The molecule has 1 amide bonds. The van der Waals surface area contributed by atoms with Gasteiger partial charge in [0.15, 0.2) is 0 Å². The Morgan fingerprint density at radius 3 is 2.68 bits per heavy atom. The van der Waals surface area contributed by atoms with E-state index in [1.807, 2.05) is 6.92 Å². The van der Waals surface area contributed by atoms with Crippen molar-refractivity contribution in [1.29, 1.82) is 0 Å². The van der Waals surface area contributed by atoms with Gasteiger partial charge in [0.25, 0.3) is 5.91 Å². The molecule has 2 heterocycles. The number of carbonyl (C=O) groups excluding carboxylic acids is 1. The molecule has 1 aliphatic rings. The number of aromatic nitrogens is 1. The first-order chi connectivity index (χ1) is 14.8. The van der Waals surface area contributed by atoms with E-state index in [0.29, 0.717) is 24.0 Å². The molecule has 3 rings (SSSR count). The number of sulfonamides is 1. The molecule has 0 saturated carbocycles. The van der Waals surface area contributed by atoms with E-state index >= 15 is 0 Å². The Morgan fingerprint density at radius 2 is 1.94 bits per heavy atom. The number of amides is 1. The molecule has 1 fully saturated rings. The maximum Gasteiger partial charge on any atom is 0.252 e. The fourth-order valence-corrected chi connectivity index (χ4v) is 5.90. The zero-order chi connectivity index (χ0) is 22.4. The van der Waals surface area contributed by atoms with E-state index in [4.69, 9.17) is 0 Å². The summed E-state index contributed by atoms with van der Waals surface area (Å²) in [5, 5.41) is 3.31. The molecule has 1 aliphatic heterocycles. The molecule has 1 aromatic heterocycles. The van der Waals surface area contributed by atoms with Crippen LogP contribution < -0.4 is 10.9 Å². The Labute approximate surface area is 184 Å². The molecule has 31 heavy (non-hydrogen) atoms. The topological polar surface area (TPSA) is 99.3 Å². The van der Waals surface area contributed by atoms with Gasteiger partial charge in [-0.3, -0.25) is 9.59 Å². The number of hydrogen-bond acceptors (Lipinski definition) is 4. The van der Waals surface area contributed by atoms with Crippen molar-refractivity contribution < 1.29 is 13.2 Å². The Hall–Kier alpha value is -2.19. The molecule has 0 unspecified atom stereocenters. The van der Waals surface area contributed by atoms with Crippen molar-refractivity contribution in [2.24, 2.45) is 0 Å². The highest BCUT2D eigenvalue weighted by molar-refractivity contribution is 7.89. The number of nitrogens with zero attached hydrogens (tertiary/aromatic N) is 1. The highest BCUT2D eigenvalue weighted by Crippen LogP contribution is 2.27. The van der Waals surface area contributed by atoms with Gasteiger partial charge in [0, 0.05) is 36.1 Å². The molecule has 7 nitrogen and oxygen atoms in total. The van der Waals surface area contributed by atoms with Crippen molar-refractivity contribution in [1.82, 2.24) is 14.6 Å². The number of benzene rings is 1. The quantitative estimate of drug-likeness (QED) is 0.571. The van der Waals surface area contributed by atoms with Crippen LogP contribution >= 0.6 is 0 Å². The normalized spacial score (nSPS) is 17.7. The summed E-state index contributed by atoms with van der Waals surface area (Å²) in [4.78, 5) is 27.7. The minimum Gasteiger partial charge on any atom is -0.352 e. The first kappa shape index (κ1) is 23.5. The molecular formula is C23H33N3O4S. The molecule has 0 radical (unpaired) electrons. The Morgan fingerprint density at radius 1 is 1.16 bits per heavy atom. The second-order valence-electron chi connectivity index (χ2n) is 8.39. The molecule has 0 aliphatic carbocycles. The van der Waals surface area contributed by atoms with Crippen LogP contribution in [0.3, 0.4) is 0 Å². The van der Waals surface area contributed by atoms with Crippen molar-refractivity contribution in [3.63, 3.8) is 0 Å². The summed E-state index contributed by atoms with van der Waals surface area (Å²) in [6.07, 6.45) is 8.10. The van der Waals surface area contributed by atoms with Gasteiger partial charge < -0.3 is 10.3 Å². The molecule has 1 atom stereocenters. The lowest BCUT2D eigenvalue weighted by atomic mass is 10.1. The molecular weight excluding hydrogens is 414 g/mol. The molecule has 0 bridgehead atoms. The maximum absolute atomic E-state index is 13.2. The molecule has 2 aromatic rings. The van der Waals surface area contributed by atoms with Gasteiger partial charge in [-0.15, -0.1) is 0 Å². The number of aromatic amines is 1. The number of hydrogen-bond donors (Lipinski definition) is 2. The number of pyridine rings is 1. The molecule has 1 saturated heterocycles. The van der Waals surface area contributed by atoms with E-state index in [-0.39, 0.29) is 28.0 Å². The third-order valence-electron chi connectivity index (χ3n) is 5.97. The zero-order valence-electron chi connectivity index (χ0n) is 18.4. The van der Waals surface area contributed by atoms with Gasteiger partial charge in [0.1, 0.15) is 0 Å². The number of unbranched alkanes of at least 4 members (excludes halogenated alkanes) is 4. The van der Waals surface area contributed by atoms with Crippen LogP contribution in [0.15, 0.2) is 34.0 Å². The minimum absolute atomic E-state index is 0.0551. The molecule has 170 valence electrons. The SMILES string of the molecule is CCCCCCCNC(=O)c1cc(=O)[nH]c2ccc(S(=O)(=O)N3CCCC[C@@H]3C)cc12. The smallest absolute Gasteiger partial charge is 0.252 e. The largest absolute Gasteiger partial charge is 0.352 e. The Kier molecular flexibility index (Phi) is 7.89. The predicted molar refractivity (Wildman–Crippen MR) is 123 cm³/mol. The lowest BCUT2D eigenvalue weighted by Crippen LogP contribution is -2.41. The van der Waals surface area contributed by atoms with Gasteiger partial charge in [-0.2, -0.15) is 4.31 Å². The van der Waals surface area contributed by atoms with Gasteiger partial charge in [0.05, 0.1) is 10.5 Å². The number of piperidine rings is 1. The number of H-pyrrole nitrogens is 1. The Bertz CT molecular complexity index is 1080. The van der Waals surface area contributed by atoms with Crippen LogP contribution in [0.5, 0.6) is 0 Å². The van der Waals surface area contributed by atoms with Gasteiger partial charge >= 0.3 is 0 Å². The zero-order valence-corrected chi connectivity index (χ0v) is 19.3. The van der Waals surface area contributed by atoms with Gasteiger partial charge in [-0.25, -0.2) is 8.42 Å². The summed E-state index contributed by atoms with van der Waals surface area (Å²) in [6.45, 7) is 5.10. The molecule has 1 aromatic carbocycles. The first-order valence-electron chi connectivity index (χ1n) is 11.3. The van der Waals surface area contributed by atoms with Crippen LogP contribution in [0.1, 0.15) is 75.6 Å². The lowest BCUT2D eigenvalue weighted by Gasteiger charge is -2.32. The maximum atomic E-state index is 13.2. The second-order valence-corrected chi connectivity index (χ2v) is 10.3. The predicted octanol–water partition coefficient (Wildman–Crippen LogP) is 3.79. The van der Waals surface area contributed by atoms with Crippen LogP contribution in [-0.2, 0) is 10.0 Å². The summed E-state index contributed by atoms with van der Waals surface area (Å²) in [5.74, 6) is -0.354. The van der Waals surface area contributed by atoms with Crippen molar-refractivity contribution in [3.05, 3.63) is 40.2 Å². The first-order valence-corrected chi connectivity index (χ1v) is 12.8. The van der Waals surface area contributed by atoms with E-state index in [1.165, 1.54) is 24.6 Å². The minimum atomic E-state index is -3.68. The summed E-state index contributed by atoms with van der Waals surface area (Å²) in [5.41, 5.74) is 0.267. The fourth-order valence-electron chi connectivity index (χ4n) is 4.17. The van der Waals surface area contributed by atoms with E-state index in [1.54, 1.807) is 10.4 Å². The van der Waals surface area contributed by atoms with Gasteiger partial charge in [0.2, 0.25) is 15.6 Å². The number of carbonyl (C=O) groups is 1. The van der Waals surface area contributed by atoms with Crippen molar-refractivity contribution in [2.45, 2.75) is 76.2 Å². The van der Waals surface area contributed by atoms with Crippen LogP contribution in [0.25, 0.3) is 10.9 Å². The summed E-state index contributed by atoms with van der Waals surface area (Å²) in [6, 6.07) is 5.78. The summed E-state index contributed by atoms with van der Waals surface area (Å²) >= 11 is 0. The third kappa shape index (κ3) is 5.54. The van der Waals surface area contributed by atoms with E-state index in [2.05, 4.69) is 17.2 Å². The highest BCUT2D eigenvalue weighted by atomic mass is 32.2. The van der Waals surface area contributed by atoms with E-state index < -0.39 is 10.0 Å². The van der Waals surface area contributed by atoms with Crippen LogP contribution in [-0.4, -0.2) is 42.7 Å². The van der Waals surface area contributed by atoms with Crippen molar-refractivity contribution in [2.75, 3.05) is 13.1 Å². The monoisotopic (exact) mass is 447 g/mol.